The summed E-state index contributed by atoms with van der Waals surface area (Å²) in [5.74, 6) is -0.0206. The average molecular weight is 185 g/mol. The van der Waals surface area contributed by atoms with Gasteiger partial charge in [0.25, 0.3) is 0 Å². The van der Waals surface area contributed by atoms with Crippen LogP contribution in [0.5, 0.6) is 0 Å². The number of likely N-dealkylation sites (N-methyl/N-ethyl adjacent to an activating group) is 1. The smallest absolute Gasteiger partial charge is 0.234 e. The van der Waals surface area contributed by atoms with Crippen molar-refractivity contribution in [2.24, 2.45) is 0 Å². The maximum Gasteiger partial charge on any atom is 0.234 e. The van der Waals surface area contributed by atoms with Crippen molar-refractivity contribution in [3.63, 3.8) is 0 Å². The molecule has 0 aromatic carbocycles. The molecule has 1 heterocycles. The third-order valence-corrected chi connectivity index (χ3v) is 1.86. The van der Waals surface area contributed by atoms with Gasteiger partial charge in [0.05, 0.1) is 13.1 Å². The molecule has 2 amide bonds. The first-order valence-corrected chi connectivity index (χ1v) is 4.48. The summed E-state index contributed by atoms with van der Waals surface area (Å²) >= 11 is 0. The van der Waals surface area contributed by atoms with Crippen molar-refractivity contribution in [3.8, 4) is 0 Å². The minimum absolute atomic E-state index is 0.00412. The summed E-state index contributed by atoms with van der Waals surface area (Å²) in [7, 11) is 0. The highest BCUT2D eigenvalue weighted by atomic mass is 16.2. The zero-order valence-corrected chi connectivity index (χ0v) is 7.80. The Hall–Kier alpha value is -1.10. The second-order valence-electron chi connectivity index (χ2n) is 3.01. The van der Waals surface area contributed by atoms with E-state index in [1.54, 1.807) is 0 Å². The van der Waals surface area contributed by atoms with E-state index in [0.717, 1.165) is 6.54 Å². The summed E-state index contributed by atoms with van der Waals surface area (Å²) in [6, 6.07) is 0. The first kappa shape index (κ1) is 9.98. The molecule has 0 atom stereocenters. The van der Waals surface area contributed by atoms with Gasteiger partial charge in [-0.15, -0.1) is 0 Å². The Balaban J connectivity index is 2.27. The largest absolute Gasteiger partial charge is 0.355 e. The van der Waals surface area contributed by atoms with Crippen LogP contribution in [0.4, 0.5) is 0 Å². The number of carbonyl (C=O) groups excluding carboxylic acids is 2. The topological polar surface area (TPSA) is 61.4 Å². The molecule has 13 heavy (non-hydrogen) atoms. The fraction of sp³-hybridized carbons (Fsp3) is 0.750. The monoisotopic (exact) mass is 185 g/mol. The van der Waals surface area contributed by atoms with Gasteiger partial charge in [-0.2, -0.15) is 0 Å². The molecular weight excluding hydrogens is 170 g/mol. The third kappa shape index (κ3) is 3.42. The Labute approximate surface area is 77.5 Å². The lowest BCUT2D eigenvalue weighted by Crippen LogP contribution is -2.50. The number of nitrogens with zero attached hydrogens (tertiary/aromatic N) is 1. The second-order valence-corrected chi connectivity index (χ2v) is 3.01. The van der Waals surface area contributed by atoms with Crippen molar-refractivity contribution in [2.75, 3.05) is 32.7 Å². The summed E-state index contributed by atoms with van der Waals surface area (Å²) in [5.41, 5.74) is 0. The van der Waals surface area contributed by atoms with Crippen molar-refractivity contribution < 1.29 is 9.59 Å². The van der Waals surface area contributed by atoms with E-state index in [1.165, 1.54) is 0 Å². The van der Waals surface area contributed by atoms with E-state index in [1.807, 2.05) is 11.8 Å². The zero-order chi connectivity index (χ0) is 9.68. The molecule has 1 fully saturated rings. The van der Waals surface area contributed by atoms with Crippen molar-refractivity contribution in [1.82, 2.24) is 15.5 Å². The SMILES string of the molecule is CCNC(=O)CN1CCNC(=O)C1. The van der Waals surface area contributed by atoms with Gasteiger partial charge in [0, 0.05) is 19.6 Å². The van der Waals surface area contributed by atoms with E-state index in [2.05, 4.69) is 10.6 Å². The Morgan fingerprint density at radius 2 is 2.46 bits per heavy atom. The quantitative estimate of drug-likeness (QED) is 0.566. The summed E-state index contributed by atoms with van der Waals surface area (Å²) in [4.78, 5) is 23.9. The van der Waals surface area contributed by atoms with Crippen LogP contribution in [-0.2, 0) is 9.59 Å². The fourth-order valence-corrected chi connectivity index (χ4v) is 1.28. The van der Waals surface area contributed by atoms with Crippen LogP contribution in [0.1, 0.15) is 6.92 Å². The molecule has 0 unspecified atom stereocenters. The van der Waals surface area contributed by atoms with E-state index in [0.29, 0.717) is 26.2 Å². The van der Waals surface area contributed by atoms with E-state index < -0.39 is 0 Å². The predicted molar refractivity (Wildman–Crippen MR) is 48.1 cm³/mol. The highest BCUT2D eigenvalue weighted by molar-refractivity contribution is 5.81. The van der Waals surface area contributed by atoms with Crippen molar-refractivity contribution in [2.45, 2.75) is 6.92 Å². The molecule has 1 saturated heterocycles. The van der Waals surface area contributed by atoms with Crippen LogP contribution in [0, 0.1) is 0 Å². The van der Waals surface area contributed by atoms with E-state index in [4.69, 9.17) is 0 Å². The molecule has 2 N–H and O–H groups in total. The summed E-state index contributed by atoms with van der Waals surface area (Å²) in [6.45, 7) is 4.55. The number of nitrogens with one attached hydrogen (secondary N) is 2. The van der Waals surface area contributed by atoms with Gasteiger partial charge in [-0.3, -0.25) is 14.5 Å². The van der Waals surface area contributed by atoms with Crippen LogP contribution in [0.25, 0.3) is 0 Å². The molecule has 5 nitrogen and oxygen atoms in total. The maximum absolute atomic E-state index is 11.1. The Bertz CT molecular complexity index is 206. The predicted octanol–water partition coefficient (Wildman–Crippen LogP) is -1.45. The normalized spacial score (nSPS) is 18.1. The first-order valence-electron chi connectivity index (χ1n) is 4.48. The number of rotatable bonds is 3. The molecule has 1 aliphatic heterocycles. The molecule has 0 aromatic rings. The summed E-state index contributed by atoms with van der Waals surface area (Å²) < 4.78 is 0. The van der Waals surface area contributed by atoms with E-state index >= 15 is 0 Å². The summed E-state index contributed by atoms with van der Waals surface area (Å²) in [5, 5.41) is 5.40. The van der Waals surface area contributed by atoms with Crippen LogP contribution in [0.15, 0.2) is 0 Å². The van der Waals surface area contributed by atoms with Crippen LogP contribution >= 0.6 is 0 Å². The highest BCUT2D eigenvalue weighted by Crippen LogP contribution is 1.91. The molecule has 74 valence electrons. The molecule has 5 heteroatoms. The van der Waals surface area contributed by atoms with Crippen LogP contribution in [-0.4, -0.2) is 49.4 Å². The zero-order valence-electron chi connectivity index (χ0n) is 7.80. The Morgan fingerprint density at radius 1 is 1.69 bits per heavy atom. The van der Waals surface area contributed by atoms with E-state index in [9.17, 15) is 9.59 Å². The van der Waals surface area contributed by atoms with Gasteiger partial charge in [0.15, 0.2) is 0 Å². The molecule has 0 aromatic heterocycles. The fourth-order valence-electron chi connectivity index (χ4n) is 1.28. The molecule has 1 aliphatic rings. The minimum atomic E-state index is -0.0165. The van der Waals surface area contributed by atoms with Gasteiger partial charge in [-0.25, -0.2) is 0 Å². The van der Waals surface area contributed by atoms with Crippen LogP contribution in [0.2, 0.25) is 0 Å². The molecule has 0 aliphatic carbocycles. The van der Waals surface area contributed by atoms with E-state index in [-0.39, 0.29) is 11.8 Å². The van der Waals surface area contributed by atoms with Gasteiger partial charge < -0.3 is 10.6 Å². The molecule has 0 spiro atoms. The Morgan fingerprint density at radius 3 is 3.08 bits per heavy atom. The number of hydrogen-bond acceptors (Lipinski definition) is 3. The van der Waals surface area contributed by atoms with Crippen molar-refractivity contribution in [1.29, 1.82) is 0 Å². The molecule has 0 radical (unpaired) electrons. The summed E-state index contributed by atoms with van der Waals surface area (Å²) in [6.07, 6.45) is 0. The molecule has 0 bridgehead atoms. The highest BCUT2D eigenvalue weighted by Gasteiger charge is 2.17. The van der Waals surface area contributed by atoms with Crippen LogP contribution < -0.4 is 10.6 Å². The number of hydrogen-bond donors (Lipinski definition) is 2. The van der Waals surface area contributed by atoms with Gasteiger partial charge in [-0.05, 0) is 6.92 Å². The second kappa shape index (κ2) is 4.81. The van der Waals surface area contributed by atoms with Crippen molar-refractivity contribution >= 4 is 11.8 Å². The van der Waals surface area contributed by atoms with Crippen molar-refractivity contribution in [3.05, 3.63) is 0 Å². The van der Waals surface area contributed by atoms with Gasteiger partial charge >= 0.3 is 0 Å². The number of carbonyl (C=O) groups is 2. The maximum atomic E-state index is 11.1. The lowest BCUT2D eigenvalue weighted by Gasteiger charge is -2.25. The molecular formula is C8H15N3O2. The standard InChI is InChI=1S/C8H15N3O2/c1-2-9-7(12)5-11-4-3-10-8(13)6-11/h2-6H2,1H3,(H,9,12)(H,10,13). The van der Waals surface area contributed by atoms with Gasteiger partial charge in [-0.1, -0.05) is 0 Å². The lowest BCUT2D eigenvalue weighted by atomic mass is 10.3. The average Bonchev–Trinajstić information content (AvgIpc) is 2.04. The lowest BCUT2D eigenvalue weighted by molar-refractivity contribution is -0.126. The number of amides is 2. The Kier molecular flexibility index (Phi) is 3.70. The van der Waals surface area contributed by atoms with Gasteiger partial charge in [0.2, 0.25) is 11.8 Å². The minimum Gasteiger partial charge on any atom is -0.355 e. The van der Waals surface area contributed by atoms with Crippen LogP contribution in [0.3, 0.4) is 0 Å². The van der Waals surface area contributed by atoms with Gasteiger partial charge in [0.1, 0.15) is 0 Å². The third-order valence-electron chi connectivity index (χ3n) is 1.86. The first-order chi connectivity index (χ1) is 6.22. The molecule has 1 rings (SSSR count). The molecule has 0 saturated carbocycles. The number of piperazine rings is 1.